The van der Waals surface area contributed by atoms with Gasteiger partial charge < -0.3 is 11.1 Å². The van der Waals surface area contributed by atoms with Gasteiger partial charge in [0.2, 0.25) is 17.0 Å². The lowest BCUT2D eigenvalue weighted by Gasteiger charge is -2.18. The number of hydrogen-bond acceptors (Lipinski definition) is 5. The number of thioether (sulfide) groups is 1. The third-order valence-corrected chi connectivity index (χ3v) is 3.78. The molecule has 2 rings (SSSR count). The number of nitrogens with zero attached hydrogens (tertiary/aromatic N) is 2. The number of hydrogen-bond donors (Lipinski definition) is 3. The summed E-state index contributed by atoms with van der Waals surface area (Å²) in [4.78, 5) is 16.0. The average molecular weight is 305 g/mol. The van der Waals surface area contributed by atoms with Crippen molar-refractivity contribution in [1.82, 2.24) is 20.5 Å². The molecule has 1 atom stereocenters. The van der Waals surface area contributed by atoms with Crippen LogP contribution in [0.4, 0.5) is 5.95 Å². The summed E-state index contributed by atoms with van der Waals surface area (Å²) in [5.41, 5.74) is 6.56. The smallest absolute Gasteiger partial charge is 0.230 e. The minimum absolute atomic E-state index is 0.0364. The predicted molar refractivity (Wildman–Crippen MR) is 83.8 cm³/mol. The van der Waals surface area contributed by atoms with Crippen LogP contribution in [0.3, 0.4) is 0 Å². The summed E-state index contributed by atoms with van der Waals surface area (Å²) in [7, 11) is 0. The van der Waals surface area contributed by atoms with Gasteiger partial charge in [0.1, 0.15) is 0 Å². The van der Waals surface area contributed by atoms with Gasteiger partial charge in [-0.2, -0.15) is 4.98 Å². The van der Waals surface area contributed by atoms with E-state index in [1.165, 1.54) is 11.8 Å². The third-order valence-electron chi connectivity index (χ3n) is 2.93. The SMILES string of the molecule is CCC[C@H](NC(=O)CSc1n[nH]c(N)n1)c1ccccc1. The van der Waals surface area contributed by atoms with E-state index in [2.05, 4.69) is 27.4 Å². The van der Waals surface area contributed by atoms with Crippen LogP contribution in [0.15, 0.2) is 35.5 Å². The Morgan fingerprint density at radius 2 is 2.19 bits per heavy atom. The molecule has 0 spiro atoms. The minimum atomic E-state index is -0.0364. The van der Waals surface area contributed by atoms with Crippen molar-refractivity contribution >= 4 is 23.6 Å². The Bertz CT molecular complexity index is 572. The van der Waals surface area contributed by atoms with Crippen molar-refractivity contribution in [1.29, 1.82) is 0 Å². The lowest BCUT2D eigenvalue weighted by atomic mass is 10.0. The molecule has 112 valence electrons. The second-order valence-electron chi connectivity index (χ2n) is 4.61. The number of aromatic amines is 1. The van der Waals surface area contributed by atoms with Crippen molar-refractivity contribution < 1.29 is 4.79 Å². The van der Waals surface area contributed by atoms with Crippen molar-refractivity contribution in [2.45, 2.75) is 31.0 Å². The van der Waals surface area contributed by atoms with Crippen LogP contribution in [-0.2, 0) is 4.79 Å². The first-order chi connectivity index (χ1) is 10.2. The fraction of sp³-hybridized carbons (Fsp3) is 0.357. The lowest BCUT2D eigenvalue weighted by molar-refractivity contribution is -0.119. The summed E-state index contributed by atoms with van der Waals surface area (Å²) in [5, 5.41) is 9.96. The lowest BCUT2D eigenvalue weighted by Crippen LogP contribution is -2.29. The second-order valence-corrected chi connectivity index (χ2v) is 5.55. The zero-order chi connectivity index (χ0) is 15.1. The first-order valence-corrected chi connectivity index (χ1v) is 7.82. The van der Waals surface area contributed by atoms with E-state index in [1.807, 2.05) is 30.3 Å². The van der Waals surface area contributed by atoms with E-state index in [0.29, 0.717) is 5.16 Å². The number of nitrogens with two attached hydrogens (primary N) is 1. The molecule has 1 amide bonds. The molecular formula is C14H19N5OS. The number of rotatable bonds is 7. The maximum atomic E-state index is 12.1. The van der Waals surface area contributed by atoms with Crippen LogP contribution in [0, 0.1) is 0 Å². The van der Waals surface area contributed by atoms with Crippen LogP contribution in [0.5, 0.6) is 0 Å². The maximum Gasteiger partial charge on any atom is 0.230 e. The molecule has 4 N–H and O–H groups in total. The van der Waals surface area contributed by atoms with Gasteiger partial charge in [0.05, 0.1) is 11.8 Å². The van der Waals surface area contributed by atoms with Gasteiger partial charge in [-0.15, -0.1) is 5.10 Å². The molecular weight excluding hydrogens is 286 g/mol. The number of benzene rings is 1. The monoisotopic (exact) mass is 305 g/mol. The molecule has 0 aliphatic rings. The van der Waals surface area contributed by atoms with E-state index in [0.717, 1.165) is 18.4 Å². The zero-order valence-corrected chi connectivity index (χ0v) is 12.7. The van der Waals surface area contributed by atoms with Crippen molar-refractivity contribution in [2.24, 2.45) is 0 Å². The van der Waals surface area contributed by atoms with Crippen molar-refractivity contribution in [2.75, 3.05) is 11.5 Å². The summed E-state index contributed by atoms with van der Waals surface area (Å²) in [5.74, 6) is 0.487. The summed E-state index contributed by atoms with van der Waals surface area (Å²) in [6.07, 6.45) is 1.92. The summed E-state index contributed by atoms with van der Waals surface area (Å²) in [6, 6.07) is 10.0. The first-order valence-electron chi connectivity index (χ1n) is 6.84. The molecule has 1 aromatic carbocycles. The molecule has 1 aromatic heterocycles. The van der Waals surface area contributed by atoms with Gasteiger partial charge in [-0.3, -0.25) is 4.79 Å². The van der Waals surface area contributed by atoms with Gasteiger partial charge in [-0.1, -0.05) is 55.4 Å². The van der Waals surface area contributed by atoms with E-state index in [-0.39, 0.29) is 23.7 Å². The molecule has 0 bridgehead atoms. The van der Waals surface area contributed by atoms with Crippen molar-refractivity contribution in [3.8, 4) is 0 Å². The maximum absolute atomic E-state index is 12.1. The van der Waals surface area contributed by atoms with Gasteiger partial charge in [0.25, 0.3) is 0 Å². The average Bonchev–Trinajstić information content (AvgIpc) is 2.91. The highest BCUT2D eigenvalue weighted by Crippen LogP contribution is 2.19. The van der Waals surface area contributed by atoms with Gasteiger partial charge in [-0.25, -0.2) is 5.10 Å². The van der Waals surface area contributed by atoms with E-state index in [9.17, 15) is 4.79 Å². The standard InChI is InChI=1S/C14H19N5OS/c1-2-6-11(10-7-4-3-5-8-10)16-12(20)9-21-14-17-13(15)18-19-14/h3-5,7-8,11H,2,6,9H2,1H3,(H,16,20)(H3,15,17,18,19)/t11-/m0/s1. The Morgan fingerprint density at radius 1 is 1.43 bits per heavy atom. The van der Waals surface area contributed by atoms with E-state index in [4.69, 9.17) is 5.73 Å². The van der Waals surface area contributed by atoms with Gasteiger partial charge in [0.15, 0.2) is 0 Å². The van der Waals surface area contributed by atoms with Gasteiger partial charge in [-0.05, 0) is 12.0 Å². The quantitative estimate of drug-likeness (QED) is 0.681. The van der Waals surface area contributed by atoms with Crippen LogP contribution in [0.1, 0.15) is 31.4 Å². The molecule has 0 saturated heterocycles. The van der Waals surface area contributed by atoms with Crippen molar-refractivity contribution in [3.63, 3.8) is 0 Å². The van der Waals surface area contributed by atoms with Crippen LogP contribution in [-0.4, -0.2) is 26.8 Å². The number of carbonyl (C=O) groups excluding carboxylic acids is 1. The highest BCUT2D eigenvalue weighted by Gasteiger charge is 2.14. The molecule has 0 unspecified atom stereocenters. The fourth-order valence-electron chi connectivity index (χ4n) is 1.98. The molecule has 6 nitrogen and oxygen atoms in total. The molecule has 21 heavy (non-hydrogen) atoms. The van der Waals surface area contributed by atoms with Crippen molar-refractivity contribution in [3.05, 3.63) is 35.9 Å². The van der Waals surface area contributed by atoms with Crippen LogP contribution in [0.2, 0.25) is 0 Å². The zero-order valence-electron chi connectivity index (χ0n) is 11.9. The number of amides is 1. The number of anilines is 1. The topological polar surface area (TPSA) is 96.7 Å². The number of H-pyrrole nitrogens is 1. The Labute approximate surface area is 127 Å². The van der Waals surface area contributed by atoms with Crippen LogP contribution >= 0.6 is 11.8 Å². The highest BCUT2D eigenvalue weighted by atomic mass is 32.2. The summed E-state index contributed by atoms with van der Waals surface area (Å²) < 4.78 is 0. The molecule has 0 radical (unpaired) electrons. The second kappa shape index (κ2) is 7.68. The number of nitrogen functional groups attached to an aromatic ring is 1. The van der Waals surface area contributed by atoms with E-state index in [1.54, 1.807) is 0 Å². The molecule has 0 aliphatic heterocycles. The molecule has 1 heterocycles. The largest absolute Gasteiger partial charge is 0.368 e. The summed E-state index contributed by atoms with van der Waals surface area (Å²) in [6.45, 7) is 2.10. The van der Waals surface area contributed by atoms with Gasteiger partial charge >= 0.3 is 0 Å². The predicted octanol–water partition coefficient (Wildman–Crippen LogP) is 2.14. The molecule has 0 aliphatic carbocycles. The summed E-state index contributed by atoms with van der Waals surface area (Å²) >= 11 is 1.26. The Balaban J connectivity index is 1.89. The number of aromatic nitrogens is 3. The Hall–Kier alpha value is -2.02. The van der Waals surface area contributed by atoms with E-state index >= 15 is 0 Å². The molecule has 0 fully saturated rings. The van der Waals surface area contributed by atoms with E-state index < -0.39 is 0 Å². The highest BCUT2D eigenvalue weighted by molar-refractivity contribution is 7.99. The normalized spacial score (nSPS) is 12.0. The Kier molecular flexibility index (Phi) is 5.62. The third kappa shape index (κ3) is 4.78. The molecule has 7 heteroatoms. The van der Waals surface area contributed by atoms with Crippen LogP contribution < -0.4 is 11.1 Å². The molecule has 0 saturated carbocycles. The molecule has 2 aromatic rings. The number of carbonyl (C=O) groups is 1. The first kappa shape index (κ1) is 15.4. The minimum Gasteiger partial charge on any atom is -0.368 e. The van der Waals surface area contributed by atoms with Crippen LogP contribution in [0.25, 0.3) is 0 Å². The Morgan fingerprint density at radius 3 is 2.81 bits per heavy atom. The fourth-order valence-corrected chi connectivity index (χ4v) is 2.60. The number of nitrogens with one attached hydrogen (secondary N) is 2. The van der Waals surface area contributed by atoms with Gasteiger partial charge in [0, 0.05) is 0 Å².